The molecular weight excluding hydrogens is 274 g/mol. The normalized spacial score (nSPS) is 24.5. The molecule has 3 rings (SSSR count). The van der Waals surface area contributed by atoms with E-state index < -0.39 is 5.60 Å². The maximum atomic E-state index is 12.2. The van der Waals surface area contributed by atoms with Crippen LogP contribution < -0.4 is 5.32 Å². The number of amidine groups is 1. The summed E-state index contributed by atoms with van der Waals surface area (Å²) in [6.07, 6.45) is 0.323. The summed E-state index contributed by atoms with van der Waals surface area (Å²) in [5.41, 5.74) is -0.483. The number of carbonyl (C=O) groups is 1. The number of rotatable bonds is 4. The molecule has 0 aromatic rings. The van der Waals surface area contributed by atoms with E-state index in [-0.39, 0.29) is 24.5 Å². The van der Waals surface area contributed by atoms with Crippen LogP contribution in [0.5, 0.6) is 0 Å². The fraction of sp³-hybridized carbons (Fsp3) is 0.857. The van der Waals surface area contributed by atoms with Crippen molar-refractivity contribution in [2.75, 3.05) is 27.3 Å². The minimum Gasteiger partial charge on any atom is -0.444 e. The Labute approximate surface area is 125 Å². The topological polar surface area (TPSA) is 72.4 Å². The zero-order chi connectivity index (χ0) is 15.6. The van der Waals surface area contributed by atoms with Crippen molar-refractivity contribution < 1.29 is 19.0 Å². The zero-order valence-corrected chi connectivity index (χ0v) is 13.4. The van der Waals surface area contributed by atoms with Gasteiger partial charge in [0, 0.05) is 14.2 Å². The molecule has 1 saturated heterocycles. The summed E-state index contributed by atoms with van der Waals surface area (Å²) in [5, 5.41) is 3.21. The molecule has 0 aliphatic carbocycles. The van der Waals surface area contributed by atoms with Gasteiger partial charge in [-0.25, -0.2) is 4.79 Å². The lowest BCUT2D eigenvalue weighted by Crippen LogP contribution is -2.68. The average Bonchev–Trinajstić information content (AvgIpc) is 2.37. The molecule has 2 bridgehead atoms. The maximum absolute atomic E-state index is 12.2. The summed E-state index contributed by atoms with van der Waals surface area (Å²) in [7, 11) is 3.18. The van der Waals surface area contributed by atoms with Gasteiger partial charge < -0.3 is 19.5 Å². The largest absolute Gasteiger partial charge is 0.444 e. The lowest BCUT2D eigenvalue weighted by Gasteiger charge is -2.51. The summed E-state index contributed by atoms with van der Waals surface area (Å²) in [6, 6.07) is 0.143. The second-order valence-corrected chi connectivity index (χ2v) is 6.30. The fourth-order valence-corrected chi connectivity index (χ4v) is 2.53. The van der Waals surface area contributed by atoms with Crippen LogP contribution in [-0.4, -0.2) is 68.1 Å². The van der Waals surface area contributed by atoms with Crippen molar-refractivity contribution in [2.45, 2.75) is 51.2 Å². The van der Waals surface area contributed by atoms with Crippen LogP contribution in [0.25, 0.3) is 0 Å². The molecule has 0 radical (unpaired) electrons. The Kier molecular flexibility index (Phi) is 4.73. The van der Waals surface area contributed by atoms with E-state index in [4.69, 9.17) is 14.2 Å². The van der Waals surface area contributed by atoms with Crippen molar-refractivity contribution in [3.05, 3.63) is 0 Å². The summed E-state index contributed by atoms with van der Waals surface area (Å²) in [4.78, 5) is 18.5. The van der Waals surface area contributed by atoms with Gasteiger partial charge in [0.25, 0.3) is 0 Å². The number of carbonyl (C=O) groups excluding carboxylic acids is 1. The molecule has 1 amide bonds. The van der Waals surface area contributed by atoms with Gasteiger partial charge in [0.1, 0.15) is 11.4 Å². The van der Waals surface area contributed by atoms with Gasteiger partial charge >= 0.3 is 6.09 Å². The minimum absolute atomic E-state index is 0.0204. The quantitative estimate of drug-likeness (QED) is 0.784. The number of hydrogen-bond acceptors (Lipinski definition) is 6. The molecule has 7 nitrogen and oxygen atoms in total. The third-order valence-electron chi connectivity index (χ3n) is 3.59. The van der Waals surface area contributed by atoms with Gasteiger partial charge in [-0.2, -0.15) is 0 Å². The molecule has 0 aromatic heterocycles. The highest BCUT2D eigenvalue weighted by Gasteiger charge is 2.48. The van der Waals surface area contributed by atoms with E-state index in [1.54, 1.807) is 19.1 Å². The molecule has 0 saturated carbocycles. The van der Waals surface area contributed by atoms with Crippen molar-refractivity contribution in [3.63, 3.8) is 0 Å². The van der Waals surface area contributed by atoms with Gasteiger partial charge in [-0.15, -0.1) is 0 Å². The number of nitrogens with one attached hydrogen (secondary N) is 1. The van der Waals surface area contributed by atoms with Crippen molar-refractivity contribution >= 4 is 11.9 Å². The van der Waals surface area contributed by atoms with Gasteiger partial charge in [-0.05, 0) is 27.2 Å². The van der Waals surface area contributed by atoms with Crippen molar-refractivity contribution in [3.8, 4) is 0 Å². The number of hydrogen-bond donors (Lipinski definition) is 1. The van der Waals surface area contributed by atoms with E-state index in [0.717, 1.165) is 12.3 Å². The van der Waals surface area contributed by atoms with Crippen LogP contribution in [0, 0.1) is 0 Å². The average molecular weight is 299 g/mol. The lowest BCUT2D eigenvalue weighted by atomic mass is 9.89. The highest BCUT2D eigenvalue weighted by molar-refractivity contribution is 5.93. The molecule has 21 heavy (non-hydrogen) atoms. The Morgan fingerprint density at radius 1 is 1.43 bits per heavy atom. The molecule has 7 heteroatoms. The van der Waals surface area contributed by atoms with E-state index in [9.17, 15) is 4.79 Å². The first-order chi connectivity index (χ1) is 9.85. The Morgan fingerprint density at radius 3 is 2.62 bits per heavy atom. The van der Waals surface area contributed by atoms with Crippen LogP contribution in [0.4, 0.5) is 4.79 Å². The number of fused-ring (bicyclic) bond motifs is 1. The van der Waals surface area contributed by atoms with Crippen LogP contribution in [0.2, 0.25) is 0 Å². The molecular formula is C14H25N3O4. The SMILES string of the molecule is COC(CNC1=NC[C@@H]2C[C@H]1N2C(=O)OC(C)(C)C)OC. The van der Waals surface area contributed by atoms with Gasteiger partial charge in [-0.1, -0.05) is 0 Å². The van der Waals surface area contributed by atoms with Crippen molar-refractivity contribution in [2.24, 2.45) is 4.99 Å². The number of ether oxygens (including phenoxy) is 3. The third-order valence-corrected chi connectivity index (χ3v) is 3.59. The van der Waals surface area contributed by atoms with Gasteiger partial charge in [0.05, 0.1) is 25.2 Å². The van der Waals surface area contributed by atoms with Crippen LogP contribution >= 0.6 is 0 Å². The molecule has 3 aliphatic heterocycles. The van der Waals surface area contributed by atoms with Crippen molar-refractivity contribution in [1.82, 2.24) is 10.2 Å². The standard InChI is InChI=1S/C14H25N3O4/c1-14(2,3)21-13(18)17-9-6-10(17)12(15-7-9)16-8-11(19-4)20-5/h9-11H,6-8H2,1-5H3,(H,15,16)/t9-,10+/m0/s1. The summed E-state index contributed by atoms with van der Waals surface area (Å²) in [5.74, 6) is 0.808. The highest BCUT2D eigenvalue weighted by atomic mass is 16.7. The molecule has 120 valence electrons. The Balaban J connectivity index is 1.92. The number of amides is 1. The molecule has 2 atom stereocenters. The monoisotopic (exact) mass is 299 g/mol. The first-order valence-electron chi connectivity index (χ1n) is 7.21. The number of nitrogens with zero attached hydrogens (tertiary/aromatic N) is 2. The number of aliphatic imine (C=N–C) groups is 1. The first-order valence-corrected chi connectivity index (χ1v) is 7.21. The Morgan fingerprint density at radius 2 is 2.10 bits per heavy atom. The van der Waals surface area contributed by atoms with Crippen LogP contribution in [0.3, 0.4) is 0 Å². The van der Waals surface area contributed by atoms with E-state index in [1.807, 2.05) is 20.8 Å². The molecule has 3 aliphatic rings. The first kappa shape index (κ1) is 16.0. The molecule has 1 fully saturated rings. The Bertz CT molecular complexity index is 415. The lowest BCUT2D eigenvalue weighted by molar-refractivity contribution is -0.0969. The predicted molar refractivity (Wildman–Crippen MR) is 78.4 cm³/mol. The molecule has 0 aromatic carbocycles. The molecule has 0 unspecified atom stereocenters. The zero-order valence-electron chi connectivity index (χ0n) is 13.4. The minimum atomic E-state index is -0.483. The van der Waals surface area contributed by atoms with Crippen LogP contribution in [-0.2, 0) is 14.2 Å². The highest BCUT2D eigenvalue weighted by Crippen LogP contribution is 2.32. The predicted octanol–water partition coefficient (Wildman–Crippen LogP) is 0.985. The Hall–Kier alpha value is -1.34. The van der Waals surface area contributed by atoms with E-state index >= 15 is 0 Å². The summed E-state index contributed by atoms with van der Waals surface area (Å²) < 4.78 is 15.7. The van der Waals surface area contributed by atoms with E-state index in [1.165, 1.54) is 0 Å². The van der Waals surface area contributed by atoms with Gasteiger partial charge in [0.2, 0.25) is 0 Å². The van der Waals surface area contributed by atoms with Gasteiger partial charge in [-0.3, -0.25) is 9.89 Å². The summed E-state index contributed by atoms with van der Waals surface area (Å²) in [6.45, 7) is 6.72. The van der Waals surface area contributed by atoms with Crippen LogP contribution in [0.15, 0.2) is 4.99 Å². The molecule has 1 N–H and O–H groups in total. The maximum Gasteiger partial charge on any atom is 0.411 e. The van der Waals surface area contributed by atoms with Crippen molar-refractivity contribution in [1.29, 1.82) is 0 Å². The van der Waals surface area contributed by atoms with Gasteiger partial charge in [0.15, 0.2) is 6.29 Å². The molecule has 0 spiro atoms. The second kappa shape index (κ2) is 6.19. The third kappa shape index (κ3) is 3.65. The smallest absolute Gasteiger partial charge is 0.411 e. The second-order valence-electron chi connectivity index (χ2n) is 6.30. The molecule has 3 heterocycles. The van der Waals surface area contributed by atoms with E-state index in [0.29, 0.717) is 13.1 Å². The van der Waals surface area contributed by atoms with Crippen LogP contribution in [0.1, 0.15) is 27.2 Å². The number of methoxy groups -OCH3 is 2. The van der Waals surface area contributed by atoms with E-state index in [2.05, 4.69) is 10.3 Å². The fourth-order valence-electron chi connectivity index (χ4n) is 2.53. The summed E-state index contributed by atoms with van der Waals surface area (Å²) >= 11 is 0.